The van der Waals surface area contributed by atoms with Crippen LogP contribution in [0.3, 0.4) is 0 Å². The van der Waals surface area contributed by atoms with E-state index in [0.29, 0.717) is 19.0 Å². The first kappa shape index (κ1) is 15.4. The van der Waals surface area contributed by atoms with Crippen molar-refractivity contribution in [2.45, 2.75) is 39.3 Å². The molecule has 0 atom stereocenters. The number of carboxylic acids is 1. The molecule has 0 saturated carbocycles. The summed E-state index contributed by atoms with van der Waals surface area (Å²) in [6, 6.07) is 3.81. The summed E-state index contributed by atoms with van der Waals surface area (Å²) in [6.45, 7) is 7.32. The molecule has 1 rings (SSSR count). The lowest BCUT2D eigenvalue weighted by molar-refractivity contribution is -0.137. The molecule has 5 heteroatoms. The quantitative estimate of drug-likeness (QED) is 0.855. The minimum atomic E-state index is -0.785. The Kier molecular flexibility index (Phi) is 5.30. The minimum Gasteiger partial charge on any atom is -0.481 e. The second kappa shape index (κ2) is 6.52. The fourth-order valence-electron chi connectivity index (χ4n) is 1.82. The first-order chi connectivity index (χ1) is 8.84. The summed E-state index contributed by atoms with van der Waals surface area (Å²) < 4.78 is 5.23. The average molecular weight is 266 g/mol. The number of hydrogen-bond acceptors (Lipinski definition) is 4. The normalized spacial score (nSPS) is 11.6. The lowest BCUT2D eigenvalue weighted by Gasteiger charge is -2.35. The van der Waals surface area contributed by atoms with Gasteiger partial charge in [0.2, 0.25) is 5.88 Å². The molecule has 19 heavy (non-hydrogen) atoms. The van der Waals surface area contributed by atoms with E-state index in [0.717, 1.165) is 5.56 Å². The number of ether oxygens (including phenoxy) is 1. The molecule has 1 heterocycles. The van der Waals surface area contributed by atoms with Crippen LogP contribution in [-0.4, -0.2) is 40.2 Å². The fraction of sp³-hybridized carbons (Fsp3) is 0.571. The summed E-state index contributed by atoms with van der Waals surface area (Å²) in [5.41, 5.74) is 0.848. The molecule has 0 saturated heterocycles. The zero-order chi connectivity index (χ0) is 14.5. The topological polar surface area (TPSA) is 62.7 Å². The Hall–Kier alpha value is -1.62. The van der Waals surface area contributed by atoms with Gasteiger partial charge < -0.3 is 9.84 Å². The van der Waals surface area contributed by atoms with E-state index in [1.54, 1.807) is 13.3 Å². The zero-order valence-electron chi connectivity index (χ0n) is 12.0. The van der Waals surface area contributed by atoms with Gasteiger partial charge in [-0.05, 0) is 26.8 Å². The van der Waals surface area contributed by atoms with Crippen molar-refractivity contribution in [3.63, 3.8) is 0 Å². The molecule has 0 aliphatic carbocycles. The number of carboxylic acid groups (broad SMARTS) is 1. The highest BCUT2D eigenvalue weighted by Gasteiger charge is 2.23. The van der Waals surface area contributed by atoms with E-state index < -0.39 is 5.97 Å². The van der Waals surface area contributed by atoms with Gasteiger partial charge in [-0.15, -0.1) is 0 Å². The Morgan fingerprint density at radius 3 is 2.68 bits per heavy atom. The van der Waals surface area contributed by atoms with E-state index in [4.69, 9.17) is 9.84 Å². The Balaban J connectivity index is 2.85. The van der Waals surface area contributed by atoms with Crippen LogP contribution in [0.15, 0.2) is 18.3 Å². The molecule has 106 valence electrons. The Morgan fingerprint density at radius 1 is 1.47 bits per heavy atom. The largest absolute Gasteiger partial charge is 0.481 e. The van der Waals surface area contributed by atoms with Crippen molar-refractivity contribution in [3.05, 3.63) is 23.9 Å². The van der Waals surface area contributed by atoms with E-state index in [2.05, 4.69) is 30.7 Å². The van der Waals surface area contributed by atoms with Gasteiger partial charge in [-0.25, -0.2) is 4.98 Å². The highest BCUT2D eigenvalue weighted by molar-refractivity contribution is 5.66. The van der Waals surface area contributed by atoms with Crippen LogP contribution in [0, 0.1) is 0 Å². The summed E-state index contributed by atoms with van der Waals surface area (Å²) in [6.07, 6.45) is 1.81. The molecule has 1 aromatic rings. The highest BCUT2D eigenvalue weighted by atomic mass is 16.5. The molecule has 0 aromatic carbocycles. The maximum absolute atomic E-state index is 10.7. The predicted octanol–water partition coefficient (Wildman–Crippen LogP) is 2.17. The van der Waals surface area contributed by atoms with Crippen LogP contribution in [-0.2, 0) is 11.3 Å². The van der Waals surface area contributed by atoms with Crippen molar-refractivity contribution >= 4 is 5.97 Å². The summed E-state index contributed by atoms with van der Waals surface area (Å²) in [4.78, 5) is 17.0. The van der Waals surface area contributed by atoms with Crippen molar-refractivity contribution in [2.75, 3.05) is 13.7 Å². The van der Waals surface area contributed by atoms with Crippen LogP contribution in [0.25, 0.3) is 0 Å². The number of pyridine rings is 1. The van der Waals surface area contributed by atoms with Gasteiger partial charge in [-0.2, -0.15) is 0 Å². The van der Waals surface area contributed by atoms with Crippen LogP contribution >= 0.6 is 0 Å². The number of rotatable bonds is 6. The SMILES string of the molecule is COc1ncccc1CN(CCC(=O)O)C(C)(C)C. The smallest absolute Gasteiger partial charge is 0.304 e. The number of carbonyl (C=O) groups is 1. The molecule has 0 unspecified atom stereocenters. The van der Waals surface area contributed by atoms with E-state index >= 15 is 0 Å². The third kappa shape index (κ3) is 4.87. The average Bonchev–Trinajstić information content (AvgIpc) is 2.33. The van der Waals surface area contributed by atoms with E-state index in [-0.39, 0.29) is 12.0 Å². The zero-order valence-corrected chi connectivity index (χ0v) is 12.0. The van der Waals surface area contributed by atoms with Crippen LogP contribution in [0.2, 0.25) is 0 Å². The van der Waals surface area contributed by atoms with Gasteiger partial charge >= 0.3 is 5.97 Å². The summed E-state index contributed by atoms with van der Waals surface area (Å²) in [5.74, 6) is -0.195. The molecular formula is C14H22N2O3. The van der Waals surface area contributed by atoms with Crippen LogP contribution in [0.5, 0.6) is 5.88 Å². The monoisotopic (exact) mass is 266 g/mol. The van der Waals surface area contributed by atoms with Gasteiger partial charge in [0.15, 0.2) is 0 Å². The Labute approximate surface area is 114 Å². The van der Waals surface area contributed by atoms with Crippen molar-refractivity contribution in [1.29, 1.82) is 0 Å². The Bertz CT molecular complexity index is 427. The van der Waals surface area contributed by atoms with Gasteiger partial charge in [0.05, 0.1) is 13.5 Å². The van der Waals surface area contributed by atoms with Crippen LogP contribution in [0.1, 0.15) is 32.8 Å². The van der Waals surface area contributed by atoms with Gasteiger partial charge in [-0.3, -0.25) is 9.69 Å². The summed E-state index contributed by atoms with van der Waals surface area (Å²) in [5, 5.41) is 8.83. The number of aromatic nitrogens is 1. The lowest BCUT2D eigenvalue weighted by atomic mass is 10.0. The minimum absolute atomic E-state index is 0.115. The lowest BCUT2D eigenvalue weighted by Crippen LogP contribution is -2.42. The van der Waals surface area contributed by atoms with Crippen molar-refractivity contribution < 1.29 is 14.6 Å². The number of nitrogens with zero attached hydrogens (tertiary/aromatic N) is 2. The maximum atomic E-state index is 10.7. The van der Waals surface area contributed by atoms with E-state index in [1.165, 1.54) is 0 Å². The summed E-state index contributed by atoms with van der Waals surface area (Å²) >= 11 is 0. The van der Waals surface area contributed by atoms with E-state index in [9.17, 15) is 4.79 Å². The van der Waals surface area contributed by atoms with Crippen molar-refractivity contribution in [3.8, 4) is 5.88 Å². The molecule has 0 aliphatic heterocycles. The van der Waals surface area contributed by atoms with Crippen molar-refractivity contribution in [1.82, 2.24) is 9.88 Å². The number of hydrogen-bond donors (Lipinski definition) is 1. The van der Waals surface area contributed by atoms with Gasteiger partial charge in [0.1, 0.15) is 0 Å². The van der Waals surface area contributed by atoms with Crippen LogP contribution < -0.4 is 4.74 Å². The molecule has 0 aliphatic rings. The molecule has 0 amide bonds. The highest BCUT2D eigenvalue weighted by Crippen LogP contribution is 2.22. The Morgan fingerprint density at radius 2 is 2.16 bits per heavy atom. The molecule has 1 aromatic heterocycles. The second-order valence-corrected chi connectivity index (χ2v) is 5.41. The first-order valence-corrected chi connectivity index (χ1v) is 6.29. The standard InChI is InChI=1S/C14H22N2O3/c1-14(2,3)16(9-7-12(17)18)10-11-6-5-8-15-13(11)19-4/h5-6,8H,7,9-10H2,1-4H3,(H,17,18). The number of aliphatic carboxylic acids is 1. The first-order valence-electron chi connectivity index (χ1n) is 6.29. The van der Waals surface area contributed by atoms with Crippen molar-refractivity contribution in [2.24, 2.45) is 0 Å². The number of methoxy groups -OCH3 is 1. The predicted molar refractivity (Wildman–Crippen MR) is 73.2 cm³/mol. The molecule has 0 bridgehead atoms. The second-order valence-electron chi connectivity index (χ2n) is 5.41. The third-order valence-electron chi connectivity index (χ3n) is 2.95. The van der Waals surface area contributed by atoms with E-state index in [1.807, 2.05) is 12.1 Å². The molecule has 0 fully saturated rings. The summed E-state index contributed by atoms with van der Waals surface area (Å²) in [7, 11) is 1.59. The molecule has 1 N–H and O–H groups in total. The fourth-order valence-corrected chi connectivity index (χ4v) is 1.82. The maximum Gasteiger partial charge on any atom is 0.304 e. The van der Waals surface area contributed by atoms with Gasteiger partial charge in [0, 0.05) is 30.4 Å². The van der Waals surface area contributed by atoms with Gasteiger partial charge in [0.25, 0.3) is 0 Å². The van der Waals surface area contributed by atoms with Gasteiger partial charge in [-0.1, -0.05) is 6.07 Å². The molecule has 5 nitrogen and oxygen atoms in total. The molecule has 0 radical (unpaired) electrons. The van der Waals surface area contributed by atoms with Crippen LogP contribution in [0.4, 0.5) is 0 Å². The third-order valence-corrected chi connectivity index (χ3v) is 2.95. The molecular weight excluding hydrogens is 244 g/mol. The molecule has 0 spiro atoms.